The Balaban J connectivity index is 1.94. The standard InChI is InChI=1S/C18H14FNO2S/c19-16-11-9-14(10-12-16)15-5-4-8-18(13-15)23(21,22)20-17-6-2-1-3-7-17/h1-13,20H. The Kier molecular flexibility index (Phi) is 4.12. The number of nitrogens with one attached hydrogen (secondary N) is 1. The average Bonchev–Trinajstić information content (AvgIpc) is 2.56. The molecule has 0 spiro atoms. The molecule has 0 heterocycles. The number of para-hydroxylation sites is 1. The molecule has 0 radical (unpaired) electrons. The Morgan fingerprint density at radius 3 is 2.13 bits per heavy atom. The molecular formula is C18H14FNO2S. The van der Waals surface area contributed by atoms with Gasteiger partial charge in [-0.05, 0) is 47.5 Å². The molecule has 0 fully saturated rings. The molecule has 5 heteroatoms. The van der Waals surface area contributed by atoms with Crippen molar-refractivity contribution in [2.75, 3.05) is 4.72 Å². The van der Waals surface area contributed by atoms with E-state index in [1.54, 1.807) is 54.6 Å². The van der Waals surface area contributed by atoms with Gasteiger partial charge < -0.3 is 0 Å². The van der Waals surface area contributed by atoms with E-state index in [-0.39, 0.29) is 10.7 Å². The third kappa shape index (κ3) is 3.57. The molecule has 0 saturated carbocycles. The lowest BCUT2D eigenvalue weighted by molar-refractivity contribution is 0.601. The van der Waals surface area contributed by atoms with Gasteiger partial charge in [0.25, 0.3) is 10.0 Å². The molecule has 23 heavy (non-hydrogen) atoms. The Hall–Kier alpha value is -2.66. The van der Waals surface area contributed by atoms with Crippen LogP contribution in [0.1, 0.15) is 0 Å². The SMILES string of the molecule is O=S(=O)(Nc1ccccc1)c1cccc(-c2ccc(F)cc2)c1. The van der Waals surface area contributed by atoms with Gasteiger partial charge >= 0.3 is 0 Å². The van der Waals surface area contributed by atoms with Gasteiger partial charge in [0.1, 0.15) is 5.82 Å². The van der Waals surface area contributed by atoms with Crippen LogP contribution in [0.25, 0.3) is 11.1 Å². The van der Waals surface area contributed by atoms with Gasteiger partial charge in [-0.1, -0.05) is 42.5 Å². The highest BCUT2D eigenvalue weighted by Gasteiger charge is 2.14. The highest BCUT2D eigenvalue weighted by atomic mass is 32.2. The first-order valence-corrected chi connectivity index (χ1v) is 8.47. The predicted molar refractivity (Wildman–Crippen MR) is 89.1 cm³/mol. The molecule has 0 aromatic heterocycles. The van der Waals surface area contributed by atoms with Gasteiger partial charge in [0, 0.05) is 5.69 Å². The Morgan fingerprint density at radius 1 is 0.739 bits per heavy atom. The van der Waals surface area contributed by atoms with Crippen molar-refractivity contribution in [2.45, 2.75) is 4.90 Å². The van der Waals surface area contributed by atoms with Gasteiger partial charge in [-0.15, -0.1) is 0 Å². The summed E-state index contributed by atoms with van der Waals surface area (Å²) in [5, 5.41) is 0. The second kappa shape index (κ2) is 6.22. The van der Waals surface area contributed by atoms with Crippen molar-refractivity contribution in [2.24, 2.45) is 0 Å². The van der Waals surface area contributed by atoms with Crippen molar-refractivity contribution in [3.63, 3.8) is 0 Å². The van der Waals surface area contributed by atoms with E-state index in [9.17, 15) is 12.8 Å². The third-order valence-corrected chi connectivity index (χ3v) is 4.73. The summed E-state index contributed by atoms with van der Waals surface area (Å²) >= 11 is 0. The molecule has 0 atom stereocenters. The summed E-state index contributed by atoms with van der Waals surface area (Å²) in [4.78, 5) is 0.156. The van der Waals surface area contributed by atoms with Crippen molar-refractivity contribution in [1.82, 2.24) is 0 Å². The Bertz CT molecular complexity index is 907. The van der Waals surface area contributed by atoms with E-state index in [0.717, 1.165) is 5.56 Å². The summed E-state index contributed by atoms with van der Waals surface area (Å²) in [6.45, 7) is 0. The summed E-state index contributed by atoms with van der Waals surface area (Å²) in [5.41, 5.74) is 1.96. The lowest BCUT2D eigenvalue weighted by Gasteiger charge is -2.09. The van der Waals surface area contributed by atoms with Crippen molar-refractivity contribution in [3.05, 3.63) is 84.7 Å². The molecule has 0 unspecified atom stereocenters. The Labute approximate surface area is 134 Å². The lowest BCUT2D eigenvalue weighted by Crippen LogP contribution is -2.12. The van der Waals surface area contributed by atoms with Crippen LogP contribution in [0, 0.1) is 5.82 Å². The number of halogens is 1. The van der Waals surface area contributed by atoms with Crippen LogP contribution in [0.2, 0.25) is 0 Å². The number of benzene rings is 3. The molecule has 0 aliphatic carbocycles. The zero-order chi connectivity index (χ0) is 16.3. The minimum Gasteiger partial charge on any atom is -0.280 e. The molecule has 3 aromatic rings. The normalized spacial score (nSPS) is 11.2. The third-order valence-electron chi connectivity index (χ3n) is 3.35. The van der Waals surface area contributed by atoms with E-state index in [0.29, 0.717) is 11.3 Å². The second-order valence-electron chi connectivity index (χ2n) is 5.01. The molecular weight excluding hydrogens is 313 g/mol. The van der Waals surface area contributed by atoms with E-state index < -0.39 is 10.0 Å². The minimum atomic E-state index is -3.68. The summed E-state index contributed by atoms with van der Waals surface area (Å²) in [6, 6.07) is 21.2. The molecule has 3 aromatic carbocycles. The fourth-order valence-electron chi connectivity index (χ4n) is 2.21. The molecule has 0 saturated heterocycles. The first kappa shape index (κ1) is 15.2. The highest BCUT2D eigenvalue weighted by molar-refractivity contribution is 7.92. The molecule has 3 rings (SSSR count). The Morgan fingerprint density at radius 2 is 1.43 bits per heavy atom. The summed E-state index contributed by atoms with van der Waals surface area (Å²) in [5.74, 6) is -0.330. The minimum absolute atomic E-state index is 0.156. The largest absolute Gasteiger partial charge is 0.280 e. The van der Waals surface area contributed by atoms with Crippen LogP contribution in [0.15, 0.2) is 83.8 Å². The zero-order valence-corrected chi connectivity index (χ0v) is 12.9. The molecule has 116 valence electrons. The number of rotatable bonds is 4. The molecule has 3 nitrogen and oxygen atoms in total. The predicted octanol–water partition coefficient (Wildman–Crippen LogP) is 4.29. The highest BCUT2D eigenvalue weighted by Crippen LogP contribution is 2.24. The van der Waals surface area contributed by atoms with Crippen LogP contribution in [0.3, 0.4) is 0 Å². The van der Waals surface area contributed by atoms with Gasteiger partial charge in [-0.25, -0.2) is 12.8 Å². The number of anilines is 1. The van der Waals surface area contributed by atoms with Gasteiger partial charge in [0.15, 0.2) is 0 Å². The number of sulfonamides is 1. The van der Waals surface area contributed by atoms with Crippen LogP contribution >= 0.6 is 0 Å². The van der Waals surface area contributed by atoms with Crippen LogP contribution in [0.4, 0.5) is 10.1 Å². The van der Waals surface area contributed by atoms with Crippen LogP contribution in [0.5, 0.6) is 0 Å². The monoisotopic (exact) mass is 327 g/mol. The molecule has 0 amide bonds. The van der Waals surface area contributed by atoms with Crippen molar-refractivity contribution in [3.8, 4) is 11.1 Å². The zero-order valence-electron chi connectivity index (χ0n) is 12.1. The second-order valence-corrected chi connectivity index (χ2v) is 6.69. The van der Waals surface area contributed by atoms with Crippen molar-refractivity contribution < 1.29 is 12.8 Å². The van der Waals surface area contributed by atoms with E-state index >= 15 is 0 Å². The maximum absolute atomic E-state index is 13.0. The molecule has 0 bridgehead atoms. The maximum Gasteiger partial charge on any atom is 0.261 e. The quantitative estimate of drug-likeness (QED) is 0.777. The van der Waals surface area contributed by atoms with Crippen LogP contribution in [-0.2, 0) is 10.0 Å². The molecule has 0 aliphatic rings. The fourth-order valence-corrected chi connectivity index (χ4v) is 3.31. The summed E-state index contributed by atoms with van der Waals surface area (Å²) in [7, 11) is -3.68. The van der Waals surface area contributed by atoms with Gasteiger partial charge in [-0.3, -0.25) is 4.72 Å². The van der Waals surface area contributed by atoms with Gasteiger partial charge in [0.05, 0.1) is 4.90 Å². The summed E-state index contributed by atoms with van der Waals surface area (Å²) < 4.78 is 40.5. The first-order valence-electron chi connectivity index (χ1n) is 6.98. The van der Waals surface area contributed by atoms with Gasteiger partial charge in [0.2, 0.25) is 0 Å². The maximum atomic E-state index is 13.0. The van der Waals surface area contributed by atoms with E-state index in [1.807, 2.05) is 6.07 Å². The number of hydrogen-bond donors (Lipinski definition) is 1. The fraction of sp³-hybridized carbons (Fsp3) is 0. The van der Waals surface area contributed by atoms with Crippen LogP contribution in [-0.4, -0.2) is 8.42 Å². The van der Waals surface area contributed by atoms with Gasteiger partial charge in [-0.2, -0.15) is 0 Å². The molecule has 1 N–H and O–H groups in total. The van der Waals surface area contributed by atoms with Crippen LogP contribution < -0.4 is 4.72 Å². The summed E-state index contributed by atoms with van der Waals surface area (Å²) in [6.07, 6.45) is 0. The lowest BCUT2D eigenvalue weighted by atomic mass is 10.1. The van der Waals surface area contributed by atoms with E-state index in [2.05, 4.69) is 4.72 Å². The average molecular weight is 327 g/mol. The van der Waals surface area contributed by atoms with Crippen molar-refractivity contribution >= 4 is 15.7 Å². The topological polar surface area (TPSA) is 46.2 Å². The smallest absolute Gasteiger partial charge is 0.261 e. The van der Waals surface area contributed by atoms with Crippen molar-refractivity contribution in [1.29, 1.82) is 0 Å². The van der Waals surface area contributed by atoms with E-state index in [1.165, 1.54) is 18.2 Å². The molecule has 0 aliphatic heterocycles. The van der Waals surface area contributed by atoms with E-state index in [4.69, 9.17) is 0 Å². The first-order chi connectivity index (χ1) is 11.0. The number of hydrogen-bond acceptors (Lipinski definition) is 2.